The van der Waals surface area contributed by atoms with Crippen LogP contribution in [0.2, 0.25) is 0 Å². The molecule has 0 spiro atoms. The summed E-state index contributed by atoms with van der Waals surface area (Å²) in [5, 5.41) is 3.23. The van der Waals surface area contributed by atoms with Crippen molar-refractivity contribution in [2.75, 3.05) is 20.1 Å². The number of rotatable bonds is 4. The molecule has 1 fully saturated rings. The summed E-state index contributed by atoms with van der Waals surface area (Å²) in [6, 6.07) is 1.56. The largest absolute Gasteiger partial charge is 0.320 e. The third-order valence-corrected chi connectivity index (χ3v) is 3.23. The van der Waals surface area contributed by atoms with Gasteiger partial charge >= 0.3 is 0 Å². The Morgan fingerprint density at radius 2 is 2.23 bits per heavy atom. The molecule has 0 bridgehead atoms. The Balaban J connectivity index is 2.30. The van der Waals surface area contributed by atoms with Crippen molar-refractivity contribution >= 4 is 0 Å². The molecule has 13 heavy (non-hydrogen) atoms. The molecule has 0 aliphatic carbocycles. The summed E-state index contributed by atoms with van der Waals surface area (Å²) >= 11 is 0. The highest BCUT2D eigenvalue weighted by Gasteiger charge is 2.22. The number of likely N-dealkylation sites (tertiary alicyclic amines) is 1. The molecule has 0 radical (unpaired) electrons. The molecule has 2 unspecified atom stereocenters. The van der Waals surface area contributed by atoms with E-state index in [1.807, 2.05) is 7.05 Å². The van der Waals surface area contributed by atoms with Gasteiger partial charge in [-0.3, -0.25) is 4.90 Å². The van der Waals surface area contributed by atoms with E-state index in [1.54, 1.807) is 0 Å². The maximum atomic E-state index is 3.23. The zero-order valence-corrected chi connectivity index (χ0v) is 9.34. The lowest BCUT2D eigenvalue weighted by Gasteiger charge is -2.38. The highest BCUT2D eigenvalue weighted by Crippen LogP contribution is 2.19. The van der Waals surface area contributed by atoms with Crippen molar-refractivity contribution in [3.63, 3.8) is 0 Å². The van der Waals surface area contributed by atoms with Crippen LogP contribution < -0.4 is 5.32 Å². The summed E-state index contributed by atoms with van der Waals surface area (Å²) in [7, 11) is 2.03. The zero-order chi connectivity index (χ0) is 9.68. The van der Waals surface area contributed by atoms with E-state index in [2.05, 4.69) is 24.1 Å². The lowest BCUT2D eigenvalue weighted by molar-refractivity contribution is 0.109. The fourth-order valence-electron chi connectivity index (χ4n) is 2.29. The van der Waals surface area contributed by atoms with E-state index < -0.39 is 0 Å². The first-order chi connectivity index (χ1) is 6.25. The Kier molecular flexibility index (Phi) is 4.74. The molecule has 78 valence electrons. The van der Waals surface area contributed by atoms with Crippen LogP contribution in [-0.2, 0) is 0 Å². The highest BCUT2D eigenvalue weighted by atomic mass is 15.2. The molecule has 1 saturated heterocycles. The molecule has 0 aromatic heterocycles. The number of piperidine rings is 1. The van der Waals surface area contributed by atoms with Crippen LogP contribution in [0.1, 0.15) is 39.5 Å². The summed E-state index contributed by atoms with van der Waals surface area (Å²) in [6.07, 6.45) is 5.50. The normalized spacial score (nSPS) is 27.5. The van der Waals surface area contributed by atoms with E-state index in [-0.39, 0.29) is 0 Å². The highest BCUT2D eigenvalue weighted by molar-refractivity contribution is 4.78. The predicted molar refractivity (Wildman–Crippen MR) is 58.0 cm³/mol. The Morgan fingerprint density at radius 1 is 1.46 bits per heavy atom. The van der Waals surface area contributed by atoms with Crippen molar-refractivity contribution in [1.29, 1.82) is 0 Å². The number of nitrogens with one attached hydrogen (secondary N) is 1. The van der Waals surface area contributed by atoms with Gasteiger partial charge < -0.3 is 5.32 Å². The summed E-state index contributed by atoms with van der Waals surface area (Å²) in [6.45, 7) is 7.19. The van der Waals surface area contributed by atoms with E-state index >= 15 is 0 Å². The lowest BCUT2D eigenvalue weighted by Crippen LogP contribution is -2.44. The second kappa shape index (κ2) is 5.61. The van der Waals surface area contributed by atoms with E-state index in [4.69, 9.17) is 0 Å². The van der Waals surface area contributed by atoms with Crippen molar-refractivity contribution in [2.45, 2.75) is 51.6 Å². The summed E-state index contributed by atoms with van der Waals surface area (Å²) in [5.74, 6) is 0. The van der Waals surface area contributed by atoms with Gasteiger partial charge in [0.05, 0.1) is 0 Å². The van der Waals surface area contributed by atoms with Gasteiger partial charge in [-0.15, -0.1) is 0 Å². The average Bonchev–Trinajstić information content (AvgIpc) is 2.15. The average molecular weight is 184 g/mol. The van der Waals surface area contributed by atoms with E-state index in [0.29, 0.717) is 0 Å². The van der Waals surface area contributed by atoms with Gasteiger partial charge in [-0.25, -0.2) is 0 Å². The minimum atomic E-state index is 0.753. The van der Waals surface area contributed by atoms with Crippen molar-refractivity contribution in [3.8, 4) is 0 Å². The van der Waals surface area contributed by atoms with Crippen molar-refractivity contribution in [2.24, 2.45) is 0 Å². The molecule has 0 saturated carbocycles. The molecule has 2 heteroatoms. The zero-order valence-electron chi connectivity index (χ0n) is 9.34. The van der Waals surface area contributed by atoms with Crippen molar-refractivity contribution in [3.05, 3.63) is 0 Å². The van der Waals surface area contributed by atoms with E-state index in [0.717, 1.165) is 18.6 Å². The first-order valence-corrected chi connectivity index (χ1v) is 5.66. The summed E-state index contributed by atoms with van der Waals surface area (Å²) in [5.41, 5.74) is 0. The number of nitrogens with zero attached hydrogens (tertiary/aromatic N) is 1. The maximum Gasteiger partial charge on any atom is 0.00818 e. The van der Waals surface area contributed by atoms with E-state index in [1.165, 1.54) is 32.2 Å². The standard InChI is InChI=1S/C11H24N2/c1-10-6-4-5-9-13(10)11(2)7-8-12-3/h10-12H,4-9H2,1-3H3. The van der Waals surface area contributed by atoms with Gasteiger partial charge in [0, 0.05) is 12.1 Å². The van der Waals surface area contributed by atoms with Gasteiger partial charge in [0.2, 0.25) is 0 Å². The van der Waals surface area contributed by atoms with Crippen LogP contribution in [-0.4, -0.2) is 37.1 Å². The molecule has 0 aromatic carbocycles. The Morgan fingerprint density at radius 3 is 2.85 bits per heavy atom. The molecule has 2 nitrogen and oxygen atoms in total. The van der Waals surface area contributed by atoms with Crippen LogP contribution in [0, 0.1) is 0 Å². The smallest absolute Gasteiger partial charge is 0.00818 e. The third kappa shape index (κ3) is 3.28. The monoisotopic (exact) mass is 184 g/mol. The van der Waals surface area contributed by atoms with Crippen LogP contribution >= 0.6 is 0 Å². The first kappa shape index (κ1) is 11.0. The van der Waals surface area contributed by atoms with Crippen LogP contribution in [0.3, 0.4) is 0 Å². The van der Waals surface area contributed by atoms with E-state index in [9.17, 15) is 0 Å². The second-order valence-corrected chi connectivity index (χ2v) is 4.32. The van der Waals surface area contributed by atoms with Gasteiger partial charge in [-0.1, -0.05) is 6.42 Å². The van der Waals surface area contributed by atoms with Crippen LogP contribution in [0.5, 0.6) is 0 Å². The molecule has 2 atom stereocenters. The van der Waals surface area contributed by atoms with Crippen molar-refractivity contribution in [1.82, 2.24) is 10.2 Å². The Bertz CT molecular complexity index is 136. The predicted octanol–water partition coefficient (Wildman–Crippen LogP) is 1.86. The quantitative estimate of drug-likeness (QED) is 0.717. The number of hydrogen-bond acceptors (Lipinski definition) is 2. The van der Waals surface area contributed by atoms with Gasteiger partial charge in [0.15, 0.2) is 0 Å². The van der Waals surface area contributed by atoms with Crippen molar-refractivity contribution < 1.29 is 0 Å². The summed E-state index contributed by atoms with van der Waals surface area (Å²) in [4.78, 5) is 2.67. The Hall–Kier alpha value is -0.0800. The molecule has 0 amide bonds. The second-order valence-electron chi connectivity index (χ2n) is 4.32. The fraction of sp³-hybridized carbons (Fsp3) is 1.00. The SMILES string of the molecule is CNCCC(C)N1CCCCC1C. The molecular weight excluding hydrogens is 160 g/mol. The van der Waals surface area contributed by atoms with Gasteiger partial charge in [0.1, 0.15) is 0 Å². The topological polar surface area (TPSA) is 15.3 Å². The van der Waals surface area contributed by atoms with Gasteiger partial charge in [0.25, 0.3) is 0 Å². The van der Waals surface area contributed by atoms with Crippen LogP contribution in [0.25, 0.3) is 0 Å². The number of hydrogen-bond donors (Lipinski definition) is 1. The lowest BCUT2D eigenvalue weighted by atomic mass is 10.0. The minimum absolute atomic E-state index is 0.753. The first-order valence-electron chi connectivity index (χ1n) is 5.66. The van der Waals surface area contributed by atoms with Crippen LogP contribution in [0.4, 0.5) is 0 Å². The molecule has 1 rings (SSSR count). The maximum absolute atomic E-state index is 3.23. The van der Waals surface area contributed by atoms with Gasteiger partial charge in [-0.05, 0) is 53.2 Å². The Labute approximate surface area is 82.7 Å². The molecule has 1 aliphatic rings. The summed E-state index contributed by atoms with van der Waals surface area (Å²) < 4.78 is 0. The van der Waals surface area contributed by atoms with Gasteiger partial charge in [-0.2, -0.15) is 0 Å². The molecule has 1 aliphatic heterocycles. The van der Waals surface area contributed by atoms with Crippen LogP contribution in [0.15, 0.2) is 0 Å². The molecule has 1 heterocycles. The minimum Gasteiger partial charge on any atom is -0.320 e. The molecule has 0 aromatic rings. The molecular formula is C11H24N2. The fourth-order valence-corrected chi connectivity index (χ4v) is 2.29. The molecule has 1 N–H and O–H groups in total. The third-order valence-electron chi connectivity index (χ3n) is 3.23.